The van der Waals surface area contributed by atoms with Crippen molar-refractivity contribution in [3.8, 4) is 11.5 Å². The van der Waals surface area contributed by atoms with Gasteiger partial charge in [0.2, 0.25) is 5.91 Å². The van der Waals surface area contributed by atoms with Crippen LogP contribution in [0.3, 0.4) is 0 Å². The van der Waals surface area contributed by atoms with E-state index in [0.717, 1.165) is 40.2 Å². The Labute approximate surface area is 271 Å². The lowest BCUT2D eigenvalue weighted by Gasteiger charge is -2.19. The average molecular weight is 645 g/mol. The number of carbonyl (C=O) groups is 3. The van der Waals surface area contributed by atoms with E-state index in [2.05, 4.69) is 17.6 Å². The maximum Gasteiger partial charge on any atom is 0.341 e. The first-order valence-electron chi connectivity index (χ1n) is 14.8. The van der Waals surface area contributed by atoms with E-state index >= 15 is 0 Å². The second kappa shape index (κ2) is 14.7. The van der Waals surface area contributed by atoms with E-state index in [-0.39, 0.29) is 24.0 Å². The lowest BCUT2D eigenvalue weighted by Crippen LogP contribution is -2.20. The van der Waals surface area contributed by atoms with Crippen molar-refractivity contribution in [2.75, 3.05) is 31.5 Å². The minimum atomic E-state index is -0.639. The van der Waals surface area contributed by atoms with Crippen molar-refractivity contribution in [3.05, 3.63) is 99.9 Å². The summed E-state index contributed by atoms with van der Waals surface area (Å²) in [5.74, 6) is 0.260. The maximum atomic E-state index is 14.0. The van der Waals surface area contributed by atoms with Crippen molar-refractivity contribution in [2.45, 2.75) is 43.3 Å². The number of ether oxygens (including phenoxy) is 3. The Hall–Kier alpha value is -4.28. The van der Waals surface area contributed by atoms with Gasteiger partial charge in [-0.25, -0.2) is 4.79 Å². The number of thiophene rings is 1. The smallest absolute Gasteiger partial charge is 0.341 e. The predicted octanol–water partition coefficient (Wildman–Crippen LogP) is 7.79. The van der Waals surface area contributed by atoms with E-state index < -0.39 is 11.2 Å². The van der Waals surface area contributed by atoms with Crippen molar-refractivity contribution in [2.24, 2.45) is 5.92 Å². The Morgan fingerprint density at radius 3 is 2.33 bits per heavy atom. The standard InChI is InChI=1S/C35H36N2O6S2/c1-5-43-35(40)29-25-18-17-21(2)19-28(25)45-34(29)37-33(39)31(22-11-7-6-8-12-22)44-24-14-9-13-23(20-24)36-32(38)30-26(41-3)15-10-16-27(30)42-4/h6-16,20-21,31H,5,17-19H2,1-4H3,(H,36,38)(H,37,39). The summed E-state index contributed by atoms with van der Waals surface area (Å²) in [7, 11) is 3.00. The second-order valence-electron chi connectivity index (χ2n) is 10.7. The van der Waals surface area contributed by atoms with Crippen LogP contribution in [0.2, 0.25) is 0 Å². The number of amides is 2. The van der Waals surface area contributed by atoms with Gasteiger partial charge in [0, 0.05) is 15.5 Å². The van der Waals surface area contributed by atoms with Crippen LogP contribution in [0.15, 0.2) is 77.7 Å². The van der Waals surface area contributed by atoms with Gasteiger partial charge in [0.15, 0.2) is 0 Å². The minimum absolute atomic E-state index is 0.253. The van der Waals surface area contributed by atoms with Gasteiger partial charge >= 0.3 is 5.97 Å². The fourth-order valence-corrected chi connectivity index (χ4v) is 7.87. The monoisotopic (exact) mass is 644 g/mol. The molecule has 0 saturated heterocycles. The number of thioether (sulfide) groups is 1. The first-order chi connectivity index (χ1) is 21.8. The van der Waals surface area contributed by atoms with Crippen molar-refractivity contribution >= 4 is 51.6 Å². The molecule has 8 nitrogen and oxygen atoms in total. The molecule has 4 aromatic rings. The number of esters is 1. The summed E-state index contributed by atoms with van der Waals surface area (Å²) in [6.45, 7) is 4.24. The Morgan fingerprint density at radius 2 is 1.64 bits per heavy atom. The molecule has 0 fully saturated rings. The summed E-state index contributed by atoms with van der Waals surface area (Å²) in [6.07, 6.45) is 2.65. The quantitative estimate of drug-likeness (QED) is 0.127. The molecule has 0 spiro atoms. The van der Waals surface area contributed by atoms with E-state index in [9.17, 15) is 14.4 Å². The fraction of sp³-hybridized carbons (Fsp3) is 0.286. The van der Waals surface area contributed by atoms with Crippen LogP contribution in [0.1, 0.15) is 62.2 Å². The number of hydrogen-bond acceptors (Lipinski definition) is 8. The molecule has 10 heteroatoms. The van der Waals surface area contributed by atoms with Crippen LogP contribution in [0.4, 0.5) is 10.7 Å². The minimum Gasteiger partial charge on any atom is -0.496 e. The van der Waals surface area contributed by atoms with Crippen molar-refractivity contribution in [1.29, 1.82) is 0 Å². The van der Waals surface area contributed by atoms with Crippen LogP contribution in [-0.4, -0.2) is 38.6 Å². The second-order valence-corrected chi connectivity index (χ2v) is 13.0. The normalized spacial score (nSPS) is 14.5. The van der Waals surface area contributed by atoms with E-state index in [1.54, 1.807) is 31.2 Å². The molecule has 2 atom stereocenters. The molecule has 5 rings (SSSR count). The number of carbonyl (C=O) groups excluding carboxylic acids is 3. The van der Waals surface area contributed by atoms with Crippen LogP contribution < -0.4 is 20.1 Å². The van der Waals surface area contributed by atoms with Gasteiger partial charge in [0.1, 0.15) is 27.3 Å². The van der Waals surface area contributed by atoms with E-state index in [0.29, 0.717) is 33.7 Å². The maximum absolute atomic E-state index is 14.0. The zero-order valence-corrected chi connectivity index (χ0v) is 27.3. The van der Waals surface area contributed by atoms with Crippen LogP contribution >= 0.6 is 23.1 Å². The molecule has 2 unspecified atom stereocenters. The molecule has 234 valence electrons. The summed E-state index contributed by atoms with van der Waals surface area (Å²) >= 11 is 2.83. The Balaban J connectivity index is 1.42. The zero-order chi connectivity index (χ0) is 31.9. The third-order valence-corrected chi connectivity index (χ3v) is 9.99. The molecule has 1 aromatic heterocycles. The molecular weight excluding hydrogens is 609 g/mol. The molecule has 1 aliphatic rings. The Bertz CT molecular complexity index is 1660. The van der Waals surface area contributed by atoms with Gasteiger partial charge in [-0.3, -0.25) is 9.59 Å². The highest BCUT2D eigenvalue weighted by molar-refractivity contribution is 8.00. The van der Waals surface area contributed by atoms with Crippen molar-refractivity contribution < 1.29 is 28.6 Å². The van der Waals surface area contributed by atoms with Gasteiger partial charge in [-0.2, -0.15) is 0 Å². The third-order valence-electron chi connectivity index (χ3n) is 7.57. The topological polar surface area (TPSA) is 103 Å². The number of nitrogens with one attached hydrogen (secondary N) is 2. The molecular formula is C35H36N2O6S2. The molecule has 0 radical (unpaired) electrons. The summed E-state index contributed by atoms with van der Waals surface area (Å²) in [5.41, 5.74) is 3.11. The van der Waals surface area contributed by atoms with Gasteiger partial charge in [-0.05, 0) is 73.6 Å². The lowest BCUT2D eigenvalue weighted by molar-refractivity contribution is -0.115. The molecule has 2 amide bonds. The molecule has 45 heavy (non-hydrogen) atoms. The average Bonchev–Trinajstić information content (AvgIpc) is 3.40. The summed E-state index contributed by atoms with van der Waals surface area (Å²) in [4.78, 5) is 42.3. The third kappa shape index (κ3) is 7.34. The molecule has 1 heterocycles. The van der Waals surface area contributed by atoms with Crippen molar-refractivity contribution in [1.82, 2.24) is 0 Å². The van der Waals surface area contributed by atoms with Gasteiger partial charge in [-0.1, -0.05) is 49.4 Å². The number of fused-ring (bicyclic) bond motifs is 1. The number of methoxy groups -OCH3 is 2. The number of anilines is 2. The Kier molecular flexibility index (Phi) is 10.5. The van der Waals surface area contributed by atoms with Crippen LogP contribution in [-0.2, 0) is 22.4 Å². The molecule has 0 aliphatic heterocycles. The van der Waals surface area contributed by atoms with E-state index in [4.69, 9.17) is 14.2 Å². The number of hydrogen-bond donors (Lipinski definition) is 2. The number of rotatable bonds is 11. The van der Waals surface area contributed by atoms with E-state index in [1.165, 1.54) is 37.3 Å². The van der Waals surface area contributed by atoms with Crippen LogP contribution in [0.5, 0.6) is 11.5 Å². The fourth-order valence-electron chi connectivity index (χ4n) is 5.39. The SMILES string of the molecule is CCOC(=O)c1c(NC(=O)C(Sc2cccc(NC(=O)c3c(OC)cccc3OC)c2)c2ccccc2)sc2c1CCC(C)C2. The summed E-state index contributed by atoms with van der Waals surface area (Å²) in [6, 6.07) is 22.0. The molecule has 1 aliphatic carbocycles. The molecule has 2 N–H and O–H groups in total. The highest BCUT2D eigenvalue weighted by Crippen LogP contribution is 2.42. The first-order valence-corrected chi connectivity index (χ1v) is 16.5. The van der Waals surface area contributed by atoms with Gasteiger partial charge in [-0.15, -0.1) is 23.1 Å². The van der Waals surface area contributed by atoms with Gasteiger partial charge in [0.05, 0.1) is 26.4 Å². The van der Waals surface area contributed by atoms with Crippen molar-refractivity contribution in [3.63, 3.8) is 0 Å². The van der Waals surface area contributed by atoms with Crippen LogP contribution in [0, 0.1) is 5.92 Å². The summed E-state index contributed by atoms with van der Waals surface area (Å²) in [5, 5.41) is 5.92. The Morgan fingerprint density at radius 1 is 0.933 bits per heavy atom. The van der Waals surface area contributed by atoms with Crippen LogP contribution in [0.25, 0.3) is 0 Å². The summed E-state index contributed by atoms with van der Waals surface area (Å²) < 4.78 is 16.2. The first kappa shape index (κ1) is 32.1. The zero-order valence-electron chi connectivity index (χ0n) is 25.7. The molecule has 0 saturated carbocycles. The van der Waals surface area contributed by atoms with E-state index in [1.807, 2.05) is 48.5 Å². The highest BCUT2D eigenvalue weighted by atomic mass is 32.2. The predicted molar refractivity (Wildman–Crippen MR) is 179 cm³/mol. The molecule has 3 aromatic carbocycles. The largest absolute Gasteiger partial charge is 0.496 e. The highest BCUT2D eigenvalue weighted by Gasteiger charge is 2.31. The number of benzene rings is 3. The molecule has 0 bridgehead atoms. The van der Waals surface area contributed by atoms with Gasteiger partial charge < -0.3 is 24.8 Å². The lowest BCUT2D eigenvalue weighted by atomic mass is 9.88. The van der Waals surface area contributed by atoms with Gasteiger partial charge in [0.25, 0.3) is 5.91 Å².